The Morgan fingerprint density at radius 1 is 0.705 bits per heavy atom. The number of aromatic nitrogens is 3. The summed E-state index contributed by atoms with van der Waals surface area (Å²) in [4.78, 5) is 13.2. The Morgan fingerprint density at radius 3 is 2.11 bits per heavy atom. The number of fused-ring (bicyclic) bond motifs is 1. The first kappa shape index (κ1) is 28.9. The van der Waals surface area contributed by atoms with Gasteiger partial charge in [0.1, 0.15) is 17.6 Å². The zero-order chi connectivity index (χ0) is 31.2. The molecule has 0 spiro atoms. The predicted octanol–water partition coefficient (Wildman–Crippen LogP) is 9.80. The summed E-state index contributed by atoms with van der Waals surface area (Å²) in [6, 6.07) is 32.8. The van der Waals surface area contributed by atoms with Crippen LogP contribution in [0.3, 0.4) is 0 Å². The van der Waals surface area contributed by atoms with E-state index in [0.717, 1.165) is 50.1 Å². The summed E-state index contributed by atoms with van der Waals surface area (Å²) in [5, 5.41) is 21.1. The molecule has 4 aromatic carbocycles. The molecule has 0 fully saturated rings. The van der Waals surface area contributed by atoms with E-state index in [9.17, 15) is 10.4 Å². The Balaban J connectivity index is 1.53. The number of para-hydroxylation sites is 2. The number of phenols is 1. The standard InChI is InChI=1S/C39H36N4O/c1-38(2,3)28-19-25(18-26(20-28)34-21-31(27(22-40)23-41-34)24-12-8-7-9-13-24)29-14-11-17-33-35(29)43-37(42-33)30-15-10-16-32(36(30)44)39(4,5)6/h7-21,23,44H,1-6H3,(H,42,43). The first-order valence-electron chi connectivity index (χ1n) is 14.9. The van der Waals surface area contributed by atoms with Gasteiger partial charge in [0.25, 0.3) is 0 Å². The van der Waals surface area contributed by atoms with Crippen molar-refractivity contribution in [3.05, 3.63) is 114 Å². The van der Waals surface area contributed by atoms with Crippen molar-refractivity contribution < 1.29 is 5.11 Å². The zero-order valence-corrected chi connectivity index (χ0v) is 26.0. The third kappa shape index (κ3) is 5.36. The molecule has 5 nitrogen and oxygen atoms in total. The third-order valence-electron chi connectivity index (χ3n) is 8.13. The van der Waals surface area contributed by atoms with E-state index in [1.807, 2.05) is 66.7 Å². The van der Waals surface area contributed by atoms with Crippen LogP contribution in [0.5, 0.6) is 5.75 Å². The van der Waals surface area contributed by atoms with Gasteiger partial charge in [-0.15, -0.1) is 0 Å². The van der Waals surface area contributed by atoms with E-state index >= 15 is 0 Å². The molecule has 6 rings (SSSR count). The molecule has 2 aromatic heterocycles. The van der Waals surface area contributed by atoms with E-state index in [-0.39, 0.29) is 16.6 Å². The van der Waals surface area contributed by atoms with Crippen molar-refractivity contribution in [1.82, 2.24) is 15.0 Å². The number of benzene rings is 4. The van der Waals surface area contributed by atoms with Gasteiger partial charge in [0.05, 0.1) is 27.9 Å². The number of imidazole rings is 1. The van der Waals surface area contributed by atoms with E-state index in [2.05, 4.69) is 76.9 Å². The molecule has 0 atom stereocenters. The van der Waals surface area contributed by atoms with Crippen LogP contribution in [0.25, 0.3) is 55.9 Å². The van der Waals surface area contributed by atoms with Gasteiger partial charge in [-0.05, 0) is 63.4 Å². The maximum Gasteiger partial charge on any atom is 0.142 e. The molecule has 6 aromatic rings. The molecule has 0 saturated carbocycles. The molecule has 44 heavy (non-hydrogen) atoms. The Bertz CT molecular complexity index is 2050. The maximum atomic E-state index is 11.2. The number of H-pyrrole nitrogens is 1. The quantitative estimate of drug-likeness (QED) is 0.219. The summed E-state index contributed by atoms with van der Waals surface area (Å²) in [7, 11) is 0. The number of nitrogens with one attached hydrogen (secondary N) is 1. The number of hydrogen-bond donors (Lipinski definition) is 2. The van der Waals surface area contributed by atoms with E-state index < -0.39 is 0 Å². The molecular weight excluding hydrogens is 540 g/mol. The van der Waals surface area contributed by atoms with Crippen LogP contribution in [-0.4, -0.2) is 20.1 Å². The highest BCUT2D eigenvalue weighted by Gasteiger charge is 2.23. The highest BCUT2D eigenvalue weighted by molar-refractivity contribution is 5.95. The average molecular weight is 577 g/mol. The van der Waals surface area contributed by atoms with Gasteiger partial charge >= 0.3 is 0 Å². The molecule has 0 amide bonds. The van der Waals surface area contributed by atoms with Gasteiger partial charge < -0.3 is 10.1 Å². The normalized spacial score (nSPS) is 11.9. The Labute approximate surface area is 258 Å². The number of aromatic hydroxyl groups is 1. The van der Waals surface area contributed by atoms with Crippen molar-refractivity contribution in [2.45, 2.75) is 52.4 Å². The molecule has 218 valence electrons. The summed E-state index contributed by atoms with van der Waals surface area (Å²) < 4.78 is 0. The second-order valence-electron chi connectivity index (χ2n) is 13.4. The Kier molecular flexibility index (Phi) is 7.10. The smallest absolute Gasteiger partial charge is 0.142 e. The maximum absolute atomic E-state index is 11.2. The second-order valence-corrected chi connectivity index (χ2v) is 13.4. The predicted molar refractivity (Wildman–Crippen MR) is 179 cm³/mol. The van der Waals surface area contributed by atoms with Crippen LogP contribution in [0, 0.1) is 11.3 Å². The number of nitriles is 1. The van der Waals surface area contributed by atoms with Gasteiger partial charge in [-0.2, -0.15) is 5.26 Å². The summed E-state index contributed by atoms with van der Waals surface area (Å²) >= 11 is 0. The minimum atomic E-state index is -0.207. The van der Waals surface area contributed by atoms with Gasteiger partial charge in [0.15, 0.2) is 0 Å². The van der Waals surface area contributed by atoms with Crippen LogP contribution in [0.4, 0.5) is 0 Å². The molecule has 0 radical (unpaired) electrons. The molecule has 0 saturated heterocycles. The average Bonchev–Trinajstić information content (AvgIpc) is 3.44. The van der Waals surface area contributed by atoms with Crippen molar-refractivity contribution in [2.75, 3.05) is 0 Å². The number of nitrogens with zero attached hydrogens (tertiary/aromatic N) is 3. The van der Waals surface area contributed by atoms with Crippen molar-refractivity contribution >= 4 is 11.0 Å². The summed E-state index contributed by atoms with van der Waals surface area (Å²) in [5.74, 6) is 0.878. The molecular formula is C39H36N4O. The summed E-state index contributed by atoms with van der Waals surface area (Å²) in [6.45, 7) is 12.9. The van der Waals surface area contributed by atoms with Crippen molar-refractivity contribution in [2.24, 2.45) is 0 Å². The minimum absolute atomic E-state index is 0.122. The van der Waals surface area contributed by atoms with E-state index in [0.29, 0.717) is 17.0 Å². The van der Waals surface area contributed by atoms with Gasteiger partial charge in [0, 0.05) is 22.9 Å². The van der Waals surface area contributed by atoms with Crippen LogP contribution < -0.4 is 0 Å². The Morgan fingerprint density at radius 2 is 1.41 bits per heavy atom. The van der Waals surface area contributed by atoms with Gasteiger partial charge in [-0.3, -0.25) is 4.98 Å². The fourth-order valence-corrected chi connectivity index (χ4v) is 5.66. The number of pyridine rings is 1. The monoisotopic (exact) mass is 576 g/mol. The lowest BCUT2D eigenvalue weighted by molar-refractivity contribution is 0.448. The summed E-state index contributed by atoms with van der Waals surface area (Å²) in [6.07, 6.45) is 1.67. The lowest BCUT2D eigenvalue weighted by Gasteiger charge is -2.22. The van der Waals surface area contributed by atoms with Gasteiger partial charge in [-0.1, -0.05) is 102 Å². The van der Waals surface area contributed by atoms with E-state index in [4.69, 9.17) is 9.97 Å². The van der Waals surface area contributed by atoms with E-state index in [1.165, 1.54) is 5.56 Å². The topological polar surface area (TPSA) is 85.6 Å². The molecule has 2 heterocycles. The zero-order valence-electron chi connectivity index (χ0n) is 26.0. The molecule has 0 aliphatic rings. The van der Waals surface area contributed by atoms with Crippen LogP contribution in [-0.2, 0) is 10.8 Å². The molecule has 0 aliphatic carbocycles. The highest BCUT2D eigenvalue weighted by Crippen LogP contribution is 2.40. The lowest BCUT2D eigenvalue weighted by atomic mass is 9.83. The van der Waals surface area contributed by atoms with Crippen molar-refractivity contribution in [1.29, 1.82) is 5.26 Å². The van der Waals surface area contributed by atoms with Gasteiger partial charge in [-0.25, -0.2) is 4.98 Å². The second kappa shape index (κ2) is 10.8. The molecule has 5 heteroatoms. The number of phenolic OH excluding ortho intramolecular Hbond substituents is 1. The first-order chi connectivity index (χ1) is 20.9. The first-order valence-corrected chi connectivity index (χ1v) is 14.9. The fraction of sp³-hybridized carbons (Fsp3) is 0.205. The van der Waals surface area contributed by atoms with Crippen molar-refractivity contribution in [3.8, 4) is 56.7 Å². The molecule has 0 bridgehead atoms. The minimum Gasteiger partial charge on any atom is -0.507 e. The lowest BCUT2D eigenvalue weighted by Crippen LogP contribution is -2.11. The van der Waals surface area contributed by atoms with E-state index in [1.54, 1.807) is 6.20 Å². The molecule has 2 N–H and O–H groups in total. The Hall–Kier alpha value is -5.21. The van der Waals surface area contributed by atoms with Crippen LogP contribution in [0.1, 0.15) is 58.2 Å². The number of rotatable bonds is 4. The molecule has 0 unspecified atom stereocenters. The highest BCUT2D eigenvalue weighted by atomic mass is 16.3. The molecule has 0 aliphatic heterocycles. The number of aromatic amines is 1. The summed E-state index contributed by atoms with van der Waals surface area (Å²) in [5.41, 5.74) is 10.3. The van der Waals surface area contributed by atoms with Crippen LogP contribution >= 0.6 is 0 Å². The number of hydrogen-bond acceptors (Lipinski definition) is 4. The van der Waals surface area contributed by atoms with Gasteiger partial charge in [0.2, 0.25) is 0 Å². The fourth-order valence-electron chi connectivity index (χ4n) is 5.66. The van der Waals surface area contributed by atoms with Crippen LogP contribution in [0.2, 0.25) is 0 Å². The third-order valence-corrected chi connectivity index (χ3v) is 8.13. The largest absolute Gasteiger partial charge is 0.507 e. The SMILES string of the molecule is CC(C)(C)c1cc(-c2cc(-c3ccccc3)c(C#N)cn2)cc(-c2cccc3[nH]c(-c4cccc(C(C)(C)C)c4O)nc23)c1. The van der Waals surface area contributed by atoms with Crippen LogP contribution in [0.15, 0.2) is 97.2 Å². The van der Waals surface area contributed by atoms with Crippen molar-refractivity contribution in [3.63, 3.8) is 0 Å².